The fourth-order valence-corrected chi connectivity index (χ4v) is 0.675. The molecule has 0 heterocycles. The Morgan fingerprint density at radius 3 is 1.75 bits per heavy atom. The van der Waals surface area contributed by atoms with Crippen molar-refractivity contribution in [3.63, 3.8) is 0 Å². The standard InChI is InChI=1S/C11H14O/c1-3-5-7-9-11(12)10-8-6-4-2/h3-8H,1-2,9-10H2. The van der Waals surface area contributed by atoms with E-state index >= 15 is 0 Å². The fourth-order valence-electron chi connectivity index (χ4n) is 0.675. The average Bonchev–Trinajstić information content (AvgIpc) is 2.06. The van der Waals surface area contributed by atoms with Crippen LogP contribution < -0.4 is 0 Å². The maximum atomic E-state index is 11.0. The van der Waals surface area contributed by atoms with Crippen LogP contribution in [0.5, 0.6) is 0 Å². The number of hydrogen-bond donors (Lipinski definition) is 0. The van der Waals surface area contributed by atoms with Crippen LogP contribution in [0, 0.1) is 0 Å². The molecule has 0 fully saturated rings. The highest BCUT2D eigenvalue weighted by Crippen LogP contribution is 1.93. The van der Waals surface area contributed by atoms with Crippen LogP contribution in [0.1, 0.15) is 12.8 Å². The number of hydrogen-bond acceptors (Lipinski definition) is 1. The summed E-state index contributed by atoms with van der Waals surface area (Å²) in [6, 6.07) is 0. The number of Topliss-reactive ketones (excluding diaryl/α,β-unsaturated/α-hetero) is 1. The zero-order valence-electron chi connectivity index (χ0n) is 7.20. The van der Waals surface area contributed by atoms with Crippen molar-refractivity contribution in [2.24, 2.45) is 0 Å². The van der Waals surface area contributed by atoms with E-state index in [4.69, 9.17) is 0 Å². The maximum Gasteiger partial charge on any atom is 0.140 e. The van der Waals surface area contributed by atoms with E-state index in [1.807, 2.05) is 0 Å². The van der Waals surface area contributed by atoms with E-state index in [-0.39, 0.29) is 5.78 Å². The van der Waals surface area contributed by atoms with Crippen molar-refractivity contribution in [1.82, 2.24) is 0 Å². The molecule has 0 aliphatic heterocycles. The molecule has 0 rings (SSSR count). The first kappa shape index (κ1) is 10.6. The van der Waals surface area contributed by atoms with Gasteiger partial charge in [0.2, 0.25) is 0 Å². The van der Waals surface area contributed by atoms with Crippen molar-refractivity contribution < 1.29 is 4.79 Å². The first-order chi connectivity index (χ1) is 5.81. The zero-order valence-corrected chi connectivity index (χ0v) is 7.20. The normalized spacial score (nSPS) is 10.7. The van der Waals surface area contributed by atoms with Gasteiger partial charge < -0.3 is 0 Å². The van der Waals surface area contributed by atoms with Gasteiger partial charge in [0.15, 0.2) is 0 Å². The molecule has 0 spiro atoms. The minimum absolute atomic E-state index is 0.200. The zero-order chi connectivity index (χ0) is 9.23. The molecule has 0 saturated carbocycles. The van der Waals surface area contributed by atoms with Crippen LogP contribution in [0.2, 0.25) is 0 Å². The molecule has 0 unspecified atom stereocenters. The third-order valence-electron chi connectivity index (χ3n) is 1.24. The summed E-state index contributed by atoms with van der Waals surface area (Å²) < 4.78 is 0. The monoisotopic (exact) mass is 162 g/mol. The molecule has 0 aromatic rings. The highest BCUT2D eigenvalue weighted by molar-refractivity contribution is 5.81. The van der Waals surface area contributed by atoms with Crippen LogP contribution in [-0.4, -0.2) is 5.78 Å². The lowest BCUT2D eigenvalue weighted by molar-refractivity contribution is -0.117. The lowest BCUT2D eigenvalue weighted by Crippen LogP contribution is -1.91. The molecule has 64 valence electrons. The molecule has 1 heteroatoms. The first-order valence-corrected chi connectivity index (χ1v) is 3.88. The molecule has 1 nitrogen and oxygen atoms in total. The second kappa shape index (κ2) is 7.73. The van der Waals surface area contributed by atoms with Crippen LogP contribution in [0.3, 0.4) is 0 Å². The Hall–Kier alpha value is -1.37. The summed E-state index contributed by atoms with van der Waals surface area (Å²) in [5, 5.41) is 0. The third kappa shape index (κ3) is 6.75. The third-order valence-corrected chi connectivity index (χ3v) is 1.24. The summed E-state index contributed by atoms with van der Waals surface area (Å²) in [5.41, 5.74) is 0. The minimum Gasteiger partial charge on any atom is -0.299 e. The van der Waals surface area contributed by atoms with Crippen LogP contribution >= 0.6 is 0 Å². The lowest BCUT2D eigenvalue weighted by Gasteiger charge is -1.88. The molecule has 0 aliphatic rings. The maximum absolute atomic E-state index is 11.0. The van der Waals surface area contributed by atoms with Gasteiger partial charge in [-0.3, -0.25) is 4.79 Å². The van der Waals surface area contributed by atoms with Crippen LogP contribution in [0.15, 0.2) is 49.6 Å². The number of allylic oxidation sites excluding steroid dienone is 6. The topological polar surface area (TPSA) is 17.1 Å². The van der Waals surface area contributed by atoms with E-state index in [9.17, 15) is 4.79 Å². The van der Waals surface area contributed by atoms with Gasteiger partial charge in [0.1, 0.15) is 5.78 Å². The highest BCUT2D eigenvalue weighted by Gasteiger charge is 1.92. The Balaban J connectivity index is 3.59. The minimum atomic E-state index is 0.200. The van der Waals surface area contributed by atoms with Crippen molar-refractivity contribution in [1.29, 1.82) is 0 Å². The van der Waals surface area contributed by atoms with Crippen molar-refractivity contribution in [2.45, 2.75) is 12.8 Å². The molecule has 0 aromatic carbocycles. The van der Waals surface area contributed by atoms with Gasteiger partial charge in [-0.15, -0.1) is 0 Å². The average molecular weight is 162 g/mol. The Morgan fingerprint density at radius 2 is 1.42 bits per heavy atom. The van der Waals surface area contributed by atoms with Gasteiger partial charge in [-0.2, -0.15) is 0 Å². The summed E-state index contributed by atoms with van der Waals surface area (Å²) in [5.74, 6) is 0.200. The molecule has 12 heavy (non-hydrogen) atoms. The highest BCUT2D eigenvalue weighted by atomic mass is 16.1. The van der Waals surface area contributed by atoms with Gasteiger partial charge in [0.05, 0.1) is 0 Å². The molecular weight excluding hydrogens is 148 g/mol. The number of carbonyl (C=O) groups is 1. The van der Waals surface area contributed by atoms with Crippen LogP contribution in [-0.2, 0) is 4.79 Å². The Kier molecular flexibility index (Phi) is 6.85. The first-order valence-electron chi connectivity index (χ1n) is 3.88. The van der Waals surface area contributed by atoms with Crippen LogP contribution in [0.25, 0.3) is 0 Å². The second-order valence-electron chi connectivity index (χ2n) is 2.27. The summed E-state index contributed by atoms with van der Waals surface area (Å²) in [6.45, 7) is 7.02. The molecule has 0 saturated heterocycles. The summed E-state index contributed by atoms with van der Waals surface area (Å²) in [7, 11) is 0. The summed E-state index contributed by atoms with van der Waals surface area (Å²) >= 11 is 0. The largest absolute Gasteiger partial charge is 0.299 e. The van der Waals surface area contributed by atoms with E-state index in [1.54, 1.807) is 36.5 Å². The predicted molar refractivity (Wildman–Crippen MR) is 52.9 cm³/mol. The molecule has 0 aromatic heterocycles. The summed E-state index contributed by atoms with van der Waals surface area (Å²) in [4.78, 5) is 11.0. The Labute approximate surface area is 73.8 Å². The van der Waals surface area contributed by atoms with E-state index in [1.165, 1.54) is 0 Å². The van der Waals surface area contributed by atoms with Crippen molar-refractivity contribution in [3.8, 4) is 0 Å². The molecule has 0 atom stereocenters. The lowest BCUT2D eigenvalue weighted by atomic mass is 10.2. The number of carbonyl (C=O) groups excluding carboxylic acids is 1. The summed E-state index contributed by atoms with van der Waals surface area (Å²) in [6.07, 6.45) is 11.4. The van der Waals surface area contributed by atoms with Crippen molar-refractivity contribution in [3.05, 3.63) is 49.6 Å². The quantitative estimate of drug-likeness (QED) is 0.549. The van der Waals surface area contributed by atoms with Gasteiger partial charge in [-0.25, -0.2) is 0 Å². The van der Waals surface area contributed by atoms with E-state index in [2.05, 4.69) is 13.2 Å². The number of ketones is 1. The molecule has 0 radical (unpaired) electrons. The molecule has 0 amide bonds. The second-order valence-corrected chi connectivity index (χ2v) is 2.27. The molecule has 0 aliphatic carbocycles. The Morgan fingerprint density at radius 1 is 1.00 bits per heavy atom. The van der Waals surface area contributed by atoms with Crippen molar-refractivity contribution in [2.75, 3.05) is 0 Å². The van der Waals surface area contributed by atoms with Gasteiger partial charge in [0, 0.05) is 12.8 Å². The smallest absolute Gasteiger partial charge is 0.140 e. The predicted octanol–water partition coefficient (Wildman–Crippen LogP) is 2.82. The number of rotatable bonds is 6. The van der Waals surface area contributed by atoms with Gasteiger partial charge in [0.25, 0.3) is 0 Å². The molecule has 0 N–H and O–H groups in total. The van der Waals surface area contributed by atoms with E-state index < -0.39 is 0 Å². The van der Waals surface area contributed by atoms with E-state index in [0.717, 1.165) is 0 Å². The van der Waals surface area contributed by atoms with Gasteiger partial charge in [-0.05, 0) is 0 Å². The van der Waals surface area contributed by atoms with Gasteiger partial charge >= 0.3 is 0 Å². The SMILES string of the molecule is C=CC=CCC(=O)CC=CC=C. The Bertz CT molecular complexity index is 187. The van der Waals surface area contributed by atoms with Crippen molar-refractivity contribution >= 4 is 5.78 Å². The molecule has 0 bridgehead atoms. The van der Waals surface area contributed by atoms with Crippen LogP contribution in [0.4, 0.5) is 0 Å². The fraction of sp³-hybridized carbons (Fsp3) is 0.182. The molecular formula is C11H14O. The van der Waals surface area contributed by atoms with E-state index in [0.29, 0.717) is 12.8 Å². The van der Waals surface area contributed by atoms with Gasteiger partial charge in [-0.1, -0.05) is 49.6 Å².